The number of carboxylic acids is 2. The Morgan fingerprint density at radius 3 is 2.64 bits per heavy atom. The summed E-state index contributed by atoms with van der Waals surface area (Å²) in [6, 6.07) is 0.476. The largest absolute Gasteiger partial charge is 0.480 e. The number of nitrogens with two attached hydrogens (primary N) is 1. The van der Waals surface area contributed by atoms with Crippen LogP contribution in [0.5, 0.6) is 0 Å². The van der Waals surface area contributed by atoms with E-state index in [0.29, 0.717) is 11.1 Å². The van der Waals surface area contributed by atoms with Gasteiger partial charge in [-0.3, -0.25) is 9.78 Å². The number of aromatic nitrogens is 3. The average Bonchev–Trinajstić information content (AvgIpc) is 2.47. The highest BCUT2D eigenvalue weighted by Gasteiger charge is 2.16. The van der Waals surface area contributed by atoms with E-state index in [-0.39, 0.29) is 17.3 Å². The Labute approximate surface area is 124 Å². The minimum atomic E-state index is -1.13. The molecule has 114 valence electrons. The van der Waals surface area contributed by atoms with E-state index in [1.165, 1.54) is 31.6 Å². The molecule has 0 aliphatic heterocycles. The molecule has 22 heavy (non-hydrogen) atoms. The number of nitrogens with one attached hydrogen (secondary N) is 1. The fraction of sp³-hybridized carbons (Fsp3) is 0.154. The molecule has 5 N–H and O–H groups in total. The predicted octanol–water partition coefficient (Wildman–Crippen LogP) is 0.704. The zero-order valence-corrected chi connectivity index (χ0v) is 11.5. The molecule has 0 saturated carbocycles. The average molecular weight is 303 g/mol. The van der Waals surface area contributed by atoms with Gasteiger partial charge in [0.15, 0.2) is 0 Å². The first kappa shape index (κ1) is 15.2. The Balaban J connectivity index is 2.48. The molecule has 9 heteroatoms. The molecule has 0 radical (unpaired) electrons. The highest BCUT2D eigenvalue weighted by Crippen LogP contribution is 2.26. The molecule has 2 aromatic rings. The van der Waals surface area contributed by atoms with Gasteiger partial charge >= 0.3 is 11.9 Å². The van der Waals surface area contributed by atoms with Crippen LogP contribution in [0.2, 0.25) is 0 Å². The van der Waals surface area contributed by atoms with Gasteiger partial charge in [-0.1, -0.05) is 0 Å². The maximum Gasteiger partial charge on any atom is 0.337 e. The number of aromatic carboxylic acids is 1. The summed E-state index contributed by atoms with van der Waals surface area (Å²) >= 11 is 0. The first-order valence-corrected chi connectivity index (χ1v) is 6.19. The van der Waals surface area contributed by atoms with Crippen LogP contribution in [0.15, 0.2) is 24.7 Å². The fourth-order valence-electron chi connectivity index (χ4n) is 1.69. The highest BCUT2D eigenvalue weighted by molar-refractivity contribution is 5.90. The normalized spacial score (nSPS) is 11.7. The highest BCUT2D eigenvalue weighted by atomic mass is 16.4. The lowest BCUT2D eigenvalue weighted by Gasteiger charge is -2.14. The van der Waals surface area contributed by atoms with Gasteiger partial charge in [-0.15, -0.1) is 0 Å². The summed E-state index contributed by atoms with van der Waals surface area (Å²) in [5, 5.41) is 20.7. The van der Waals surface area contributed by atoms with Gasteiger partial charge < -0.3 is 21.3 Å². The van der Waals surface area contributed by atoms with Gasteiger partial charge in [-0.05, 0) is 13.0 Å². The summed E-state index contributed by atoms with van der Waals surface area (Å²) in [6.45, 7) is 1.44. The van der Waals surface area contributed by atoms with Gasteiger partial charge in [-0.25, -0.2) is 9.78 Å². The third-order valence-corrected chi connectivity index (χ3v) is 2.83. The van der Waals surface area contributed by atoms with Crippen molar-refractivity contribution in [2.24, 2.45) is 0 Å². The molecular formula is C13H13N5O4. The first-order valence-electron chi connectivity index (χ1n) is 6.19. The lowest BCUT2D eigenvalue weighted by Crippen LogP contribution is -2.26. The molecule has 1 atom stereocenters. The molecule has 0 bridgehead atoms. The second-order valence-corrected chi connectivity index (χ2v) is 4.46. The van der Waals surface area contributed by atoms with E-state index >= 15 is 0 Å². The number of hydrogen-bond donors (Lipinski definition) is 4. The molecule has 0 amide bonds. The molecule has 0 aliphatic carbocycles. The Morgan fingerprint density at radius 1 is 1.27 bits per heavy atom. The van der Waals surface area contributed by atoms with Crippen LogP contribution >= 0.6 is 0 Å². The Morgan fingerprint density at radius 2 is 2.00 bits per heavy atom. The Hall–Kier alpha value is -3.23. The van der Waals surface area contributed by atoms with Gasteiger partial charge in [-0.2, -0.15) is 4.98 Å². The standard InChI is InChI=1S/C13H13N5O4/c1-6(11(19)20)17-10-9(5-16-13(14)18-10)7-2-8(12(21)22)4-15-3-7/h2-6H,1H3,(H,19,20)(H,21,22)(H3,14,16,17,18). The van der Waals surface area contributed by atoms with E-state index in [1.54, 1.807) is 0 Å². The number of hydrogen-bond acceptors (Lipinski definition) is 7. The molecule has 0 saturated heterocycles. The maximum absolute atomic E-state index is 11.0. The van der Waals surface area contributed by atoms with Crippen LogP contribution < -0.4 is 11.1 Å². The number of carboxylic acid groups (broad SMARTS) is 2. The molecule has 2 aromatic heterocycles. The van der Waals surface area contributed by atoms with E-state index in [4.69, 9.17) is 15.9 Å². The number of carbonyl (C=O) groups is 2. The third kappa shape index (κ3) is 3.26. The monoisotopic (exact) mass is 303 g/mol. The van der Waals surface area contributed by atoms with Crippen LogP contribution in [-0.4, -0.2) is 43.1 Å². The molecule has 0 aliphatic rings. The van der Waals surface area contributed by atoms with Crippen molar-refractivity contribution < 1.29 is 19.8 Å². The molecule has 0 aromatic carbocycles. The summed E-state index contributed by atoms with van der Waals surface area (Å²) in [4.78, 5) is 33.6. The number of pyridine rings is 1. The number of anilines is 2. The second kappa shape index (κ2) is 6.04. The smallest absolute Gasteiger partial charge is 0.337 e. The minimum Gasteiger partial charge on any atom is -0.480 e. The second-order valence-electron chi connectivity index (χ2n) is 4.46. The lowest BCUT2D eigenvalue weighted by atomic mass is 10.1. The van der Waals surface area contributed by atoms with Crippen molar-refractivity contribution in [1.29, 1.82) is 0 Å². The molecule has 0 fully saturated rings. The molecule has 2 rings (SSSR count). The van der Waals surface area contributed by atoms with Crippen LogP contribution in [0, 0.1) is 0 Å². The van der Waals surface area contributed by atoms with Crippen LogP contribution in [0.3, 0.4) is 0 Å². The first-order chi connectivity index (χ1) is 10.4. The zero-order chi connectivity index (χ0) is 16.3. The van der Waals surface area contributed by atoms with E-state index in [9.17, 15) is 9.59 Å². The minimum absolute atomic E-state index is 0.00782. The van der Waals surface area contributed by atoms with Crippen LogP contribution in [0.4, 0.5) is 11.8 Å². The SMILES string of the molecule is CC(Nc1nc(N)ncc1-c1cncc(C(=O)O)c1)C(=O)O. The van der Waals surface area contributed by atoms with Crippen molar-refractivity contribution in [3.63, 3.8) is 0 Å². The summed E-state index contributed by atoms with van der Waals surface area (Å²) < 4.78 is 0. The number of aliphatic carboxylic acids is 1. The van der Waals surface area contributed by atoms with Gasteiger partial charge in [0.2, 0.25) is 5.95 Å². The van der Waals surface area contributed by atoms with Crippen LogP contribution in [-0.2, 0) is 4.79 Å². The number of nitrogens with zero attached hydrogens (tertiary/aromatic N) is 3. The van der Waals surface area contributed by atoms with E-state index in [2.05, 4.69) is 20.3 Å². The topological polar surface area (TPSA) is 151 Å². The van der Waals surface area contributed by atoms with Crippen molar-refractivity contribution in [2.75, 3.05) is 11.1 Å². The maximum atomic E-state index is 11.0. The molecule has 1 unspecified atom stereocenters. The number of rotatable bonds is 5. The Bertz CT molecular complexity index is 734. The molecule has 0 spiro atoms. The summed E-state index contributed by atoms with van der Waals surface area (Å²) in [6.07, 6.45) is 4.01. The quantitative estimate of drug-likeness (QED) is 0.625. The number of nitrogen functional groups attached to an aromatic ring is 1. The lowest BCUT2D eigenvalue weighted by molar-refractivity contribution is -0.137. The summed E-state index contributed by atoms with van der Waals surface area (Å²) in [5.74, 6) is -2.04. The van der Waals surface area contributed by atoms with Gasteiger partial charge in [0.25, 0.3) is 0 Å². The van der Waals surface area contributed by atoms with Gasteiger partial charge in [0, 0.05) is 29.7 Å². The van der Waals surface area contributed by atoms with Crippen molar-refractivity contribution in [3.8, 4) is 11.1 Å². The zero-order valence-electron chi connectivity index (χ0n) is 11.5. The predicted molar refractivity (Wildman–Crippen MR) is 77.4 cm³/mol. The molecule has 2 heterocycles. The summed E-state index contributed by atoms with van der Waals surface area (Å²) in [5.41, 5.74) is 6.34. The molecule has 9 nitrogen and oxygen atoms in total. The third-order valence-electron chi connectivity index (χ3n) is 2.83. The van der Waals surface area contributed by atoms with E-state index < -0.39 is 18.0 Å². The van der Waals surface area contributed by atoms with Crippen LogP contribution in [0.25, 0.3) is 11.1 Å². The fourth-order valence-corrected chi connectivity index (χ4v) is 1.69. The van der Waals surface area contributed by atoms with E-state index in [0.717, 1.165) is 0 Å². The van der Waals surface area contributed by atoms with Crippen molar-refractivity contribution >= 4 is 23.7 Å². The van der Waals surface area contributed by atoms with Gasteiger partial charge in [0.1, 0.15) is 11.9 Å². The van der Waals surface area contributed by atoms with Crippen LogP contribution in [0.1, 0.15) is 17.3 Å². The van der Waals surface area contributed by atoms with Crippen molar-refractivity contribution in [3.05, 3.63) is 30.2 Å². The van der Waals surface area contributed by atoms with Crippen molar-refractivity contribution in [1.82, 2.24) is 15.0 Å². The molecular weight excluding hydrogens is 290 g/mol. The van der Waals surface area contributed by atoms with Gasteiger partial charge in [0.05, 0.1) is 5.56 Å². The van der Waals surface area contributed by atoms with Crippen molar-refractivity contribution in [2.45, 2.75) is 13.0 Å². The van der Waals surface area contributed by atoms with E-state index in [1.807, 2.05) is 0 Å². The Kier molecular flexibility index (Phi) is 4.16. The summed E-state index contributed by atoms with van der Waals surface area (Å²) in [7, 11) is 0.